The first-order valence-electron chi connectivity index (χ1n) is 12.9. The van der Waals surface area contributed by atoms with Crippen LogP contribution < -0.4 is 0 Å². The minimum atomic E-state index is 0.671. The first-order valence-corrected chi connectivity index (χ1v) is 12.9. The molecule has 0 spiro atoms. The van der Waals surface area contributed by atoms with Crippen LogP contribution in [0.2, 0.25) is 0 Å². The third-order valence-corrected chi connectivity index (χ3v) is 7.40. The molecule has 0 atom stereocenters. The molecule has 5 nitrogen and oxygen atoms in total. The van der Waals surface area contributed by atoms with Crippen LogP contribution in [0.4, 0.5) is 0 Å². The summed E-state index contributed by atoms with van der Waals surface area (Å²) < 4.78 is 2.17. The number of nitrogens with zero attached hydrogens (tertiary/aromatic N) is 5. The maximum absolute atomic E-state index is 4.80. The van der Waals surface area contributed by atoms with Crippen LogP contribution in [0, 0.1) is 0 Å². The molecule has 0 aliphatic rings. The van der Waals surface area contributed by atoms with Gasteiger partial charge in [0.15, 0.2) is 5.82 Å². The zero-order valence-corrected chi connectivity index (χ0v) is 20.9. The lowest BCUT2D eigenvalue weighted by molar-refractivity contribution is 0.965. The fourth-order valence-corrected chi connectivity index (χ4v) is 5.55. The zero-order chi connectivity index (χ0) is 25.8. The highest BCUT2D eigenvalue weighted by Crippen LogP contribution is 2.36. The van der Waals surface area contributed by atoms with Crippen molar-refractivity contribution in [3.8, 4) is 28.2 Å². The van der Waals surface area contributed by atoms with Crippen molar-refractivity contribution in [2.24, 2.45) is 0 Å². The van der Waals surface area contributed by atoms with E-state index >= 15 is 0 Å². The number of fused-ring (bicyclic) bond motifs is 5. The normalized spacial score (nSPS) is 11.6. The topological polar surface area (TPSA) is 56.5 Å². The highest BCUT2D eigenvalue weighted by Gasteiger charge is 2.20. The highest BCUT2D eigenvalue weighted by atomic mass is 15.2. The van der Waals surface area contributed by atoms with Gasteiger partial charge in [-0.25, -0.2) is 4.98 Å². The first-order chi connectivity index (χ1) is 19.3. The van der Waals surface area contributed by atoms with Crippen molar-refractivity contribution in [3.05, 3.63) is 128 Å². The summed E-state index contributed by atoms with van der Waals surface area (Å²) in [6, 6.07) is 40.1. The van der Waals surface area contributed by atoms with E-state index in [2.05, 4.69) is 102 Å². The van der Waals surface area contributed by atoms with Gasteiger partial charge in [0.2, 0.25) is 0 Å². The van der Waals surface area contributed by atoms with Crippen molar-refractivity contribution in [1.82, 2.24) is 24.7 Å². The maximum Gasteiger partial charge on any atom is 0.188 e. The van der Waals surface area contributed by atoms with Gasteiger partial charge >= 0.3 is 0 Å². The second kappa shape index (κ2) is 8.57. The molecule has 0 aliphatic carbocycles. The van der Waals surface area contributed by atoms with E-state index in [-0.39, 0.29) is 0 Å². The molecule has 39 heavy (non-hydrogen) atoms. The Morgan fingerprint density at radius 1 is 0.462 bits per heavy atom. The van der Waals surface area contributed by atoms with Gasteiger partial charge in [0, 0.05) is 28.7 Å². The summed E-state index contributed by atoms with van der Waals surface area (Å²) >= 11 is 0. The molecule has 182 valence electrons. The summed E-state index contributed by atoms with van der Waals surface area (Å²) in [5.41, 5.74) is 7.55. The van der Waals surface area contributed by atoms with Crippen LogP contribution in [0.5, 0.6) is 0 Å². The standard InChI is InChI=1S/C34H21N5/c1-2-8-22(9-3-1)23-14-16-24(17-15-23)31-32-33(36-19-18-35-32)34(38-37-31)39-29-13-7-6-12-27(29)28-20-25-10-4-5-11-26(25)21-30(28)39/h1-21H. The van der Waals surface area contributed by atoms with Gasteiger partial charge in [0.05, 0.1) is 11.0 Å². The lowest BCUT2D eigenvalue weighted by Gasteiger charge is -2.11. The first kappa shape index (κ1) is 21.6. The molecule has 5 heteroatoms. The molecule has 0 unspecified atom stereocenters. The van der Waals surface area contributed by atoms with Crippen molar-refractivity contribution in [1.29, 1.82) is 0 Å². The molecule has 8 aromatic rings. The third kappa shape index (κ3) is 3.41. The summed E-state index contributed by atoms with van der Waals surface area (Å²) in [5, 5.41) is 14.2. The molecule has 0 bridgehead atoms. The van der Waals surface area contributed by atoms with Gasteiger partial charge in [0.1, 0.15) is 16.7 Å². The summed E-state index contributed by atoms with van der Waals surface area (Å²) in [4.78, 5) is 9.52. The molecule has 0 saturated heterocycles. The number of hydrogen-bond acceptors (Lipinski definition) is 4. The summed E-state index contributed by atoms with van der Waals surface area (Å²) in [6.45, 7) is 0. The molecular weight excluding hydrogens is 478 g/mol. The van der Waals surface area contributed by atoms with Crippen LogP contribution in [-0.4, -0.2) is 24.7 Å². The number of rotatable bonds is 3. The van der Waals surface area contributed by atoms with E-state index in [9.17, 15) is 0 Å². The van der Waals surface area contributed by atoms with Crippen LogP contribution >= 0.6 is 0 Å². The van der Waals surface area contributed by atoms with Gasteiger partial charge in [-0.2, -0.15) is 0 Å². The molecule has 0 aliphatic heterocycles. The van der Waals surface area contributed by atoms with Crippen LogP contribution in [-0.2, 0) is 0 Å². The molecule has 0 fully saturated rings. The molecule has 8 rings (SSSR count). The van der Waals surface area contributed by atoms with Crippen molar-refractivity contribution >= 4 is 43.6 Å². The summed E-state index contributed by atoms with van der Waals surface area (Å²) in [6.07, 6.45) is 3.44. The van der Waals surface area contributed by atoms with Crippen molar-refractivity contribution in [2.45, 2.75) is 0 Å². The number of aromatic nitrogens is 5. The van der Waals surface area contributed by atoms with E-state index in [1.807, 2.05) is 18.2 Å². The number of benzene rings is 5. The highest BCUT2D eigenvalue weighted by molar-refractivity contribution is 6.14. The Labute approximate surface area is 224 Å². The van der Waals surface area contributed by atoms with E-state index in [1.165, 1.54) is 21.7 Å². The minimum absolute atomic E-state index is 0.671. The smallest absolute Gasteiger partial charge is 0.188 e. The average molecular weight is 500 g/mol. The Hall–Kier alpha value is -5.42. The fraction of sp³-hybridized carbons (Fsp3) is 0. The molecule has 5 aromatic carbocycles. The average Bonchev–Trinajstić information content (AvgIpc) is 3.33. The summed E-state index contributed by atoms with van der Waals surface area (Å²) in [7, 11) is 0. The van der Waals surface area contributed by atoms with Gasteiger partial charge < -0.3 is 0 Å². The van der Waals surface area contributed by atoms with Crippen LogP contribution in [0.25, 0.3) is 71.8 Å². The van der Waals surface area contributed by atoms with Crippen molar-refractivity contribution in [3.63, 3.8) is 0 Å². The second-order valence-electron chi connectivity index (χ2n) is 9.64. The van der Waals surface area contributed by atoms with Gasteiger partial charge in [-0.1, -0.05) is 97.1 Å². The predicted octanol–water partition coefficient (Wildman–Crippen LogP) is 8.00. The number of para-hydroxylation sites is 1. The fourth-order valence-electron chi connectivity index (χ4n) is 5.55. The van der Waals surface area contributed by atoms with Gasteiger partial charge in [-0.15, -0.1) is 10.2 Å². The Bertz CT molecular complexity index is 2160. The summed E-state index contributed by atoms with van der Waals surface area (Å²) in [5.74, 6) is 0.671. The van der Waals surface area contributed by atoms with E-state index in [1.54, 1.807) is 12.4 Å². The van der Waals surface area contributed by atoms with Gasteiger partial charge in [0.25, 0.3) is 0 Å². The Morgan fingerprint density at radius 3 is 1.92 bits per heavy atom. The van der Waals surface area contributed by atoms with Gasteiger partial charge in [-0.3, -0.25) is 9.55 Å². The number of hydrogen-bond donors (Lipinski definition) is 0. The lowest BCUT2D eigenvalue weighted by Crippen LogP contribution is -2.04. The molecule has 0 amide bonds. The Balaban J connectivity index is 1.36. The SMILES string of the molecule is c1ccc(-c2ccc(-c3nnc(-n4c5ccccc5c5cc6ccccc6cc54)c4nccnc34)cc2)cc1. The van der Waals surface area contributed by atoms with E-state index < -0.39 is 0 Å². The Morgan fingerprint density at radius 2 is 1.10 bits per heavy atom. The quantitative estimate of drug-likeness (QED) is 0.247. The van der Waals surface area contributed by atoms with Crippen molar-refractivity contribution < 1.29 is 0 Å². The Kier molecular flexibility index (Phi) is 4.76. The second-order valence-corrected chi connectivity index (χ2v) is 9.64. The van der Waals surface area contributed by atoms with Crippen molar-refractivity contribution in [2.75, 3.05) is 0 Å². The minimum Gasteiger partial charge on any atom is -0.290 e. The third-order valence-electron chi connectivity index (χ3n) is 7.40. The van der Waals surface area contributed by atoms with E-state index in [0.717, 1.165) is 33.1 Å². The van der Waals surface area contributed by atoms with Crippen LogP contribution in [0.1, 0.15) is 0 Å². The molecule has 3 heterocycles. The van der Waals surface area contributed by atoms with E-state index in [4.69, 9.17) is 20.2 Å². The lowest BCUT2D eigenvalue weighted by atomic mass is 10.0. The monoisotopic (exact) mass is 499 g/mol. The zero-order valence-electron chi connectivity index (χ0n) is 20.9. The largest absolute Gasteiger partial charge is 0.290 e. The molecule has 0 radical (unpaired) electrons. The predicted molar refractivity (Wildman–Crippen MR) is 158 cm³/mol. The van der Waals surface area contributed by atoms with E-state index in [0.29, 0.717) is 17.0 Å². The molecule has 3 aromatic heterocycles. The van der Waals surface area contributed by atoms with Gasteiger partial charge in [-0.05, 0) is 40.1 Å². The van der Waals surface area contributed by atoms with Crippen LogP contribution in [0.15, 0.2) is 128 Å². The van der Waals surface area contributed by atoms with Crippen LogP contribution in [0.3, 0.4) is 0 Å². The molecule has 0 saturated carbocycles. The molecular formula is C34H21N5. The molecule has 0 N–H and O–H groups in total. The maximum atomic E-state index is 4.80.